The number of aromatic nitrogens is 1. The fourth-order valence-corrected chi connectivity index (χ4v) is 5.03. The van der Waals surface area contributed by atoms with E-state index in [9.17, 15) is 13.6 Å². The van der Waals surface area contributed by atoms with Crippen molar-refractivity contribution in [3.63, 3.8) is 0 Å². The van der Waals surface area contributed by atoms with Crippen molar-refractivity contribution in [2.24, 2.45) is 7.05 Å². The van der Waals surface area contributed by atoms with E-state index in [4.69, 9.17) is 9.52 Å². The average Bonchev–Trinajstić information content (AvgIpc) is 3.03. The minimum atomic E-state index is -1.03. The number of nitrogens with one attached hydrogen (secondary N) is 3. The summed E-state index contributed by atoms with van der Waals surface area (Å²) in [4.78, 5) is 13.7. The van der Waals surface area contributed by atoms with Crippen LogP contribution in [0.1, 0.15) is 28.9 Å². The summed E-state index contributed by atoms with van der Waals surface area (Å²) in [5, 5.41) is 2.62. The van der Waals surface area contributed by atoms with E-state index in [-0.39, 0.29) is 17.8 Å². The lowest BCUT2D eigenvalue weighted by Crippen LogP contribution is -2.28. The molecule has 1 aromatic heterocycles. The van der Waals surface area contributed by atoms with Crippen LogP contribution in [0.15, 0.2) is 59.2 Å². The minimum Gasteiger partial charge on any atom is -0.377 e. The summed E-state index contributed by atoms with van der Waals surface area (Å²) in [5.41, 5.74) is 2.33. The highest BCUT2D eigenvalue weighted by Crippen LogP contribution is 2.27. The number of aryl methyl sites for hydroxylation is 1. The molecule has 1 aromatic carbocycles. The standard InChI is InChI=1S/C23H24F2N4O2S/c1-29-13-21-18(22(29)23(30)27-15-6-10-19(24)20(25)12-15)9-5-16(28-32(21)26)11-14-3-7-17(31-2)8-4-14/h3-7,9-10,12-13,16-17H,8,11H2,1-2H3,(H2,26,28)(H,27,30). The van der Waals surface area contributed by atoms with Crippen LogP contribution >= 0.6 is 0 Å². The molecule has 0 spiro atoms. The van der Waals surface area contributed by atoms with E-state index in [2.05, 4.69) is 16.1 Å². The number of fused-ring (bicyclic) bond motifs is 1. The van der Waals surface area contributed by atoms with Crippen LogP contribution in [0.25, 0.3) is 6.08 Å². The van der Waals surface area contributed by atoms with Crippen LogP contribution in [0.5, 0.6) is 0 Å². The van der Waals surface area contributed by atoms with Crippen LogP contribution in [-0.4, -0.2) is 29.7 Å². The number of rotatable bonds is 5. The Hall–Kier alpha value is -2.88. The quantitative estimate of drug-likeness (QED) is 0.618. The first kappa shape index (κ1) is 22.3. The van der Waals surface area contributed by atoms with Crippen LogP contribution in [0.3, 0.4) is 0 Å². The largest absolute Gasteiger partial charge is 0.377 e. The van der Waals surface area contributed by atoms with Crippen molar-refractivity contribution < 1.29 is 18.3 Å². The van der Waals surface area contributed by atoms with Crippen molar-refractivity contribution >= 4 is 28.5 Å². The van der Waals surface area contributed by atoms with Crippen LogP contribution in [0.4, 0.5) is 14.5 Å². The van der Waals surface area contributed by atoms with Crippen LogP contribution < -0.4 is 10.0 Å². The van der Waals surface area contributed by atoms with Crippen LogP contribution in [0, 0.1) is 16.4 Å². The zero-order valence-electron chi connectivity index (χ0n) is 17.7. The molecule has 3 unspecified atom stereocenters. The minimum absolute atomic E-state index is 0.0642. The van der Waals surface area contributed by atoms with Gasteiger partial charge in [-0.1, -0.05) is 36.0 Å². The van der Waals surface area contributed by atoms with E-state index >= 15 is 0 Å². The molecule has 0 bridgehead atoms. The Morgan fingerprint density at radius 3 is 2.81 bits per heavy atom. The Kier molecular flexibility index (Phi) is 6.50. The summed E-state index contributed by atoms with van der Waals surface area (Å²) < 4.78 is 45.6. The summed E-state index contributed by atoms with van der Waals surface area (Å²) in [6.07, 6.45) is 13.5. The molecule has 0 fully saturated rings. The smallest absolute Gasteiger partial charge is 0.272 e. The second-order valence-corrected chi connectivity index (χ2v) is 8.98. The summed E-state index contributed by atoms with van der Waals surface area (Å²) in [7, 11) is 2.38. The van der Waals surface area contributed by atoms with Gasteiger partial charge in [0.1, 0.15) is 5.69 Å². The SMILES string of the molecule is COC1C=CC(CC2C=Cc3c(cn(C)c3C(=O)Nc3ccc(F)c(F)c3)S(=N)N2)=CC1. The number of hydrogen-bond donors (Lipinski definition) is 3. The second kappa shape index (κ2) is 9.32. The number of allylic oxidation sites excluding steroid dienone is 1. The normalized spacial score (nSPS) is 22.2. The topological polar surface area (TPSA) is 79.1 Å². The number of amides is 1. The fraction of sp³-hybridized carbons (Fsp3) is 0.261. The zero-order valence-corrected chi connectivity index (χ0v) is 18.5. The molecular formula is C23H24F2N4O2S. The van der Waals surface area contributed by atoms with Gasteiger partial charge >= 0.3 is 0 Å². The molecule has 1 amide bonds. The van der Waals surface area contributed by atoms with Gasteiger partial charge in [0.25, 0.3) is 5.91 Å². The molecule has 0 saturated heterocycles. The number of ether oxygens (including phenoxy) is 1. The maximum Gasteiger partial charge on any atom is 0.272 e. The van der Waals surface area contributed by atoms with Gasteiger partial charge in [0.2, 0.25) is 0 Å². The number of halogens is 2. The lowest BCUT2D eigenvalue weighted by atomic mass is 9.98. The van der Waals surface area contributed by atoms with Gasteiger partial charge in [-0.15, -0.1) is 0 Å². The molecular weight excluding hydrogens is 434 g/mol. The number of carbonyl (C=O) groups is 1. The van der Waals surface area contributed by atoms with Crippen molar-refractivity contribution in [3.8, 4) is 0 Å². The van der Waals surface area contributed by atoms with Gasteiger partial charge in [-0.05, 0) is 35.9 Å². The third kappa shape index (κ3) is 4.64. The number of anilines is 1. The Morgan fingerprint density at radius 1 is 1.31 bits per heavy atom. The third-order valence-electron chi connectivity index (χ3n) is 5.46. The van der Waals surface area contributed by atoms with Gasteiger partial charge in [-0.2, -0.15) is 0 Å². The highest BCUT2D eigenvalue weighted by molar-refractivity contribution is 7.84. The molecule has 32 heavy (non-hydrogen) atoms. The summed E-state index contributed by atoms with van der Waals surface area (Å²) in [6.45, 7) is 0. The zero-order chi connectivity index (χ0) is 22.8. The van der Waals surface area contributed by atoms with Crippen molar-refractivity contribution in [2.45, 2.75) is 29.9 Å². The average molecular weight is 459 g/mol. The van der Waals surface area contributed by atoms with Crippen molar-refractivity contribution in [1.82, 2.24) is 9.29 Å². The highest BCUT2D eigenvalue weighted by atomic mass is 32.2. The fourth-order valence-electron chi connectivity index (χ4n) is 3.79. The molecule has 1 aliphatic carbocycles. The molecule has 2 aliphatic rings. The molecule has 0 radical (unpaired) electrons. The van der Waals surface area contributed by atoms with E-state index in [1.165, 1.54) is 11.6 Å². The summed E-state index contributed by atoms with van der Waals surface area (Å²) >= 11 is 0. The van der Waals surface area contributed by atoms with E-state index in [1.807, 2.05) is 24.3 Å². The molecule has 2 aromatic rings. The third-order valence-corrected chi connectivity index (χ3v) is 6.76. The molecule has 6 nitrogen and oxygen atoms in total. The predicted molar refractivity (Wildman–Crippen MR) is 121 cm³/mol. The first-order valence-corrected chi connectivity index (χ1v) is 11.3. The van der Waals surface area contributed by atoms with Gasteiger partial charge in [0.05, 0.1) is 11.0 Å². The predicted octanol–water partition coefficient (Wildman–Crippen LogP) is 4.49. The van der Waals surface area contributed by atoms with E-state index in [1.54, 1.807) is 24.9 Å². The summed E-state index contributed by atoms with van der Waals surface area (Å²) in [5.74, 6) is -2.46. The molecule has 9 heteroatoms. The Bertz CT molecular complexity index is 1170. The molecule has 2 heterocycles. The van der Waals surface area contributed by atoms with Crippen LogP contribution in [0.2, 0.25) is 0 Å². The van der Waals surface area contributed by atoms with Gasteiger partial charge < -0.3 is 14.6 Å². The van der Waals surface area contributed by atoms with Crippen molar-refractivity contribution in [3.05, 3.63) is 77.2 Å². The second-order valence-electron chi connectivity index (χ2n) is 7.69. The number of carbonyl (C=O) groups excluding carboxylic acids is 1. The van der Waals surface area contributed by atoms with E-state index < -0.39 is 28.4 Å². The van der Waals surface area contributed by atoms with E-state index in [0.29, 0.717) is 16.2 Å². The highest BCUT2D eigenvalue weighted by Gasteiger charge is 2.25. The van der Waals surface area contributed by atoms with Gasteiger partial charge in [-0.3, -0.25) is 9.57 Å². The molecule has 0 saturated carbocycles. The molecule has 168 valence electrons. The van der Waals surface area contributed by atoms with Gasteiger partial charge in [-0.25, -0.2) is 13.5 Å². The molecule has 4 rings (SSSR count). The first-order chi connectivity index (χ1) is 15.4. The molecule has 1 aliphatic heterocycles. The van der Waals surface area contributed by atoms with Crippen molar-refractivity contribution in [2.75, 3.05) is 12.4 Å². The lowest BCUT2D eigenvalue weighted by Gasteiger charge is -2.18. The molecule has 3 atom stereocenters. The maximum absolute atomic E-state index is 13.5. The van der Waals surface area contributed by atoms with Gasteiger partial charge in [0.15, 0.2) is 11.6 Å². The van der Waals surface area contributed by atoms with Crippen LogP contribution in [-0.2, 0) is 22.7 Å². The number of methoxy groups -OCH3 is 1. The number of hydrogen-bond acceptors (Lipinski definition) is 3. The Balaban J connectivity index is 1.55. The number of benzene rings is 1. The monoisotopic (exact) mass is 458 g/mol. The first-order valence-electron chi connectivity index (χ1n) is 10.1. The Labute approximate surface area is 187 Å². The van der Waals surface area contributed by atoms with Gasteiger partial charge in [0, 0.05) is 43.7 Å². The maximum atomic E-state index is 13.5. The Morgan fingerprint density at radius 2 is 2.12 bits per heavy atom. The summed E-state index contributed by atoms with van der Waals surface area (Å²) in [6, 6.07) is 3.15. The van der Waals surface area contributed by atoms with Crippen molar-refractivity contribution in [1.29, 1.82) is 4.78 Å². The molecule has 3 N–H and O–H groups in total. The number of nitrogens with zero attached hydrogens (tertiary/aromatic N) is 1. The lowest BCUT2D eigenvalue weighted by molar-refractivity contribution is 0.101. The van der Waals surface area contributed by atoms with E-state index in [0.717, 1.165) is 25.0 Å².